The minimum Gasteiger partial charge on any atom is -0.495 e. The number of hydrogen-bond donors (Lipinski definition) is 2. The molecule has 0 spiro atoms. The Bertz CT molecular complexity index is 1740. The van der Waals surface area contributed by atoms with Crippen LogP contribution in [0.2, 0.25) is 0 Å². The molecule has 2 aromatic heterocycles. The summed E-state index contributed by atoms with van der Waals surface area (Å²) in [5.41, 5.74) is 1.59. The van der Waals surface area contributed by atoms with Crippen molar-refractivity contribution in [1.82, 2.24) is 14.5 Å². The van der Waals surface area contributed by atoms with E-state index in [-0.39, 0.29) is 22.2 Å². The van der Waals surface area contributed by atoms with Gasteiger partial charge in [0.25, 0.3) is 5.56 Å². The van der Waals surface area contributed by atoms with Crippen LogP contribution in [0.5, 0.6) is 5.75 Å². The van der Waals surface area contributed by atoms with Gasteiger partial charge in [0, 0.05) is 16.6 Å². The van der Waals surface area contributed by atoms with Crippen LogP contribution in [0.3, 0.4) is 0 Å². The number of thioether (sulfide) groups is 1. The van der Waals surface area contributed by atoms with E-state index < -0.39 is 17.6 Å². The van der Waals surface area contributed by atoms with Gasteiger partial charge in [0.05, 0.1) is 24.1 Å². The molecule has 0 fully saturated rings. The van der Waals surface area contributed by atoms with E-state index in [0.29, 0.717) is 22.5 Å². The van der Waals surface area contributed by atoms with Crippen LogP contribution in [0.4, 0.5) is 18.9 Å². The minimum absolute atomic E-state index is 0.0169. The Balaban J connectivity index is 1.55. The number of anilines is 1. The molecule has 2 heterocycles. The first kappa shape index (κ1) is 25.4. The largest absolute Gasteiger partial charge is 0.495 e. The quantitative estimate of drug-likeness (QED) is 0.207. The fourth-order valence-electron chi connectivity index (χ4n) is 4.13. The van der Waals surface area contributed by atoms with Crippen molar-refractivity contribution >= 4 is 45.3 Å². The summed E-state index contributed by atoms with van der Waals surface area (Å²) in [6, 6.07) is 17.1. The zero-order valence-corrected chi connectivity index (χ0v) is 21.0. The second-order valence-corrected chi connectivity index (χ2v) is 9.46. The number of aromatic nitrogens is 3. The third-order valence-corrected chi connectivity index (χ3v) is 6.81. The van der Waals surface area contributed by atoms with Crippen molar-refractivity contribution in [1.29, 1.82) is 0 Å². The van der Waals surface area contributed by atoms with Crippen LogP contribution >= 0.6 is 11.8 Å². The lowest BCUT2D eigenvalue weighted by molar-refractivity contribution is -0.137. The average molecular weight is 539 g/mol. The molecule has 0 atom stereocenters. The summed E-state index contributed by atoms with van der Waals surface area (Å²) < 4.78 is 46.0. The average Bonchev–Trinajstić information content (AvgIpc) is 3.26. The number of amides is 1. The van der Waals surface area contributed by atoms with Crippen LogP contribution in [0, 0.1) is 6.92 Å². The van der Waals surface area contributed by atoms with Crippen LogP contribution in [-0.4, -0.2) is 33.3 Å². The first-order valence-corrected chi connectivity index (χ1v) is 12.4. The molecule has 0 aliphatic carbocycles. The molecule has 0 saturated heterocycles. The van der Waals surface area contributed by atoms with Crippen molar-refractivity contribution in [2.24, 2.45) is 0 Å². The number of fused-ring (bicyclic) bond motifs is 3. The maximum Gasteiger partial charge on any atom is 0.416 e. The summed E-state index contributed by atoms with van der Waals surface area (Å²) in [4.78, 5) is 34.4. The van der Waals surface area contributed by atoms with Crippen molar-refractivity contribution in [3.63, 3.8) is 0 Å². The molecule has 38 heavy (non-hydrogen) atoms. The van der Waals surface area contributed by atoms with E-state index in [4.69, 9.17) is 9.72 Å². The number of hydrogen-bond acceptors (Lipinski definition) is 5. The fraction of sp³-hybridized carbons (Fsp3) is 0.148. The molecule has 1 amide bonds. The fourth-order valence-corrected chi connectivity index (χ4v) is 4.93. The molecule has 0 unspecified atom stereocenters. The molecule has 2 N–H and O–H groups in total. The molecule has 0 bridgehead atoms. The van der Waals surface area contributed by atoms with E-state index in [1.165, 1.54) is 23.8 Å². The van der Waals surface area contributed by atoms with Gasteiger partial charge in [-0.3, -0.25) is 9.59 Å². The molecule has 0 aliphatic heterocycles. The Morgan fingerprint density at radius 2 is 1.89 bits per heavy atom. The summed E-state index contributed by atoms with van der Waals surface area (Å²) in [5.74, 6) is -0.319. The van der Waals surface area contributed by atoms with Crippen LogP contribution in [0.1, 0.15) is 11.1 Å². The Hall–Kier alpha value is -4.25. The van der Waals surface area contributed by atoms with Crippen molar-refractivity contribution < 1.29 is 22.7 Å². The summed E-state index contributed by atoms with van der Waals surface area (Å²) in [5, 5.41) is 3.47. The number of nitrogens with zero attached hydrogens (tertiary/aromatic N) is 2. The topological polar surface area (TPSA) is 89.0 Å². The maximum atomic E-state index is 13.8. The minimum atomic E-state index is -4.53. The molecule has 11 heteroatoms. The molecule has 3 aromatic carbocycles. The summed E-state index contributed by atoms with van der Waals surface area (Å²) in [6.45, 7) is 1.87. The number of ether oxygens (including phenoxy) is 1. The number of carbonyl (C=O) groups is 1. The predicted molar refractivity (Wildman–Crippen MR) is 141 cm³/mol. The van der Waals surface area contributed by atoms with Crippen LogP contribution in [0.15, 0.2) is 76.7 Å². The van der Waals surface area contributed by atoms with Crippen molar-refractivity contribution in [2.75, 3.05) is 18.2 Å². The first-order valence-electron chi connectivity index (χ1n) is 11.4. The normalized spacial score (nSPS) is 11.7. The van der Waals surface area contributed by atoms with Gasteiger partial charge in [0.2, 0.25) is 5.91 Å². The number of methoxy groups -OCH3 is 1. The number of H-pyrrole nitrogens is 1. The van der Waals surface area contributed by atoms with Crippen molar-refractivity contribution in [3.05, 3.63) is 88.2 Å². The highest BCUT2D eigenvalue weighted by Gasteiger charge is 2.30. The zero-order valence-electron chi connectivity index (χ0n) is 20.2. The standard InChI is InChI=1S/C27H21F3N4O3S/c1-15-10-11-21(37-2)20(12-15)34-25(36)24-23(18-8-3-4-9-19(18)32-24)33-26(34)38-14-22(35)31-17-7-5-6-16(13-17)27(28,29)30/h3-13,32H,14H2,1-2H3,(H,31,35). The monoisotopic (exact) mass is 538 g/mol. The lowest BCUT2D eigenvalue weighted by Crippen LogP contribution is -2.23. The lowest BCUT2D eigenvalue weighted by atomic mass is 10.2. The van der Waals surface area contributed by atoms with E-state index in [0.717, 1.165) is 40.4 Å². The highest BCUT2D eigenvalue weighted by atomic mass is 32.2. The summed E-state index contributed by atoms with van der Waals surface area (Å²) in [7, 11) is 1.49. The maximum absolute atomic E-state index is 13.8. The van der Waals surface area contributed by atoms with E-state index in [1.807, 2.05) is 37.3 Å². The number of halogens is 3. The Morgan fingerprint density at radius 3 is 2.66 bits per heavy atom. The van der Waals surface area contributed by atoms with Gasteiger partial charge in [-0.2, -0.15) is 13.2 Å². The number of benzene rings is 3. The number of para-hydroxylation sites is 1. The molecule has 7 nitrogen and oxygen atoms in total. The van der Waals surface area contributed by atoms with Gasteiger partial charge in [-0.15, -0.1) is 0 Å². The smallest absolute Gasteiger partial charge is 0.416 e. The summed E-state index contributed by atoms with van der Waals surface area (Å²) in [6.07, 6.45) is -4.53. The molecular weight excluding hydrogens is 517 g/mol. The van der Waals surface area contributed by atoms with Crippen LogP contribution < -0.4 is 15.6 Å². The van der Waals surface area contributed by atoms with Crippen molar-refractivity contribution in [2.45, 2.75) is 18.3 Å². The van der Waals surface area contributed by atoms with E-state index >= 15 is 0 Å². The number of aryl methyl sites for hydroxylation is 1. The van der Waals surface area contributed by atoms with Crippen LogP contribution in [-0.2, 0) is 11.0 Å². The van der Waals surface area contributed by atoms with Gasteiger partial charge in [0.1, 0.15) is 16.8 Å². The lowest BCUT2D eigenvalue weighted by Gasteiger charge is -2.16. The van der Waals surface area contributed by atoms with E-state index in [1.54, 1.807) is 12.1 Å². The van der Waals surface area contributed by atoms with E-state index in [9.17, 15) is 22.8 Å². The van der Waals surface area contributed by atoms with Gasteiger partial charge in [-0.25, -0.2) is 9.55 Å². The Kier molecular flexibility index (Phi) is 6.62. The predicted octanol–water partition coefficient (Wildman–Crippen LogP) is 5.93. The van der Waals surface area contributed by atoms with Gasteiger partial charge in [0.15, 0.2) is 5.16 Å². The molecule has 194 valence electrons. The van der Waals surface area contributed by atoms with Crippen molar-refractivity contribution in [3.8, 4) is 11.4 Å². The Morgan fingerprint density at radius 1 is 1.11 bits per heavy atom. The number of aromatic amines is 1. The SMILES string of the molecule is COc1ccc(C)cc1-n1c(SCC(=O)Nc2cccc(C(F)(F)F)c2)nc2c([nH]c3ccccc32)c1=O. The zero-order chi connectivity index (χ0) is 27.0. The highest BCUT2D eigenvalue weighted by Crippen LogP contribution is 2.32. The number of rotatable bonds is 6. The van der Waals surface area contributed by atoms with Gasteiger partial charge < -0.3 is 15.0 Å². The number of nitrogens with one attached hydrogen (secondary N) is 2. The number of carbonyl (C=O) groups excluding carboxylic acids is 1. The van der Waals surface area contributed by atoms with Gasteiger partial charge in [-0.05, 0) is 48.9 Å². The second kappa shape index (κ2) is 9.90. The third-order valence-electron chi connectivity index (χ3n) is 5.88. The summed E-state index contributed by atoms with van der Waals surface area (Å²) >= 11 is 0.993. The number of alkyl halides is 3. The molecule has 0 aliphatic rings. The second-order valence-electron chi connectivity index (χ2n) is 8.52. The molecule has 5 rings (SSSR count). The molecule has 0 radical (unpaired) electrons. The highest BCUT2D eigenvalue weighted by molar-refractivity contribution is 7.99. The van der Waals surface area contributed by atoms with Crippen LogP contribution in [0.25, 0.3) is 27.6 Å². The van der Waals surface area contributed by atoms with Gasteiger partial charge >= 0.3 is 6.18 Å². The Labute approximate surface area is 218 Å². The molecule has 5 aromatic rings. The van der Waals surface area contributed by atoms with Gasteiger partial charge in [-0.1, -0.05) is 42.1 Å². The first-order chi connectivity index (χ1) is 18.2. The third kappa shape index (κ3) is 4.84. The molecule has 0 saturated carbocycles. The van der Waals surface area contributed by atoms with E-state index in [2.05, 4.69) is 10.3 Å². The molecular formula is C27H21F3N4O3S.